The van der Waals surface area contributed by atoms with Crippen LogP contribution in [0.1, 0.15) is 25.0 Å². The Hall–Kier alpha value is -1.55. The fourth-order valence-corrected chi connectivity index (χ4v) is 3.85. The summed E-state index contributed by atoms with van der Waals surface area (Å²) in [6.07, 6.45) is 4.88. The smallest absolute Gasteiger partial charge is 0.548 e. The first kappa shape index (κ1) is 20.8. The number of pyridine rings is 1. The number of rotatable bonds is 5. The maximum absolute atomic E-state index is 12.9. The molecule has 0 aliphatic carbocycles. The normalized spacial score (nSPS) is 23.3. The third-order valence-corrected chi connectivity index (χ3v) is 5.17. The van der Waals surface area contributed by atoms with E-state index in [0.717, 1.165) is 18.5 Å². The monoisotopic (exact) mass is 353 g/mol. The molecule has 0 bridgehead atoms. The van der Waals surface area contributed by atoms with Crippen molar-refractivity contribution < 1.29 is 38.3 Å². The molecule has 8 heteroatoms. The number of carboxylic acid groups (broad SMARTS) is 1. The number of aromatic nitrogens is 1. The van der Waals surface area contributed by atoms with Crippen LogP contribution >= 0.6 is 0 Å². The quantitative estimate of drug-likeness (QED) is 0.538. The molecule has 2 aliphatic heterocycles. The molecule has 2 saturated heterocycles. The van der Waals surface area contributed by atoms with E-state index in [-0.39, 0.29) is 36.9 Å². The molecule has 0 saturated carbocycles. The third kappa shape index (κ3) is 4.59. The van der Waals surface area contributed by atoms with Gasteiger partial charge in [-0.2, -0.15) is 0 Å². The van der Waals surface area contributed by atoms with Gasteiger partial charge in [0, 0.05) is 50.5 Å². The molecule has 2 fully saturated rings. The van der Waals surface area contributed by atoms with Crippen LogP contribution in [0.15, 0.2) is 24.4 Å². The average molecular weight is 353 g/mol. The number of hydrogen-bond donors (Lipinski definition) is 0. The SMILES string of the molecule is CN(C(=O)N1CCCC1Cc1ccccn1)[C@H](C(=O)[O-])C1CCOC1.[Li+]. The fourth-order valence-electron chi connectivity index (χ4n) is 3.85. The first-order chi connectivity index (χ1) is 12.1. The molecule has 2 aliphatic rings. The summed E-state index contributed by atoms with van der Waals surface area (Å²) in [6, 6.07) is 4.59. The topological polar surface area (TPSA) is 85.8 Å². The van der Waals surface area contributed by atoms with Gasteiger partial charge in [0.2, 0.25) is 0 Å². The van der Waals surface area contributed by atoms with E-state index in [0.29, 0.717) is 32.6 Å². The van der Waals surface area contributed by atoms with Crippen LogP contribution in [0.4, 0.5) is 4.79 Å². The van der Waals surface area contributed by atoms with Crippen molar-refractivity contribution in [2.24, 2.45) is 5.92 Å². The van der Waals surface area contributed by atoms with Crippen molar-refractivity contribution in [2.45, 2.75) is 37.8 Å². The van der Waals surface area contributed by atoms with Crippen molar-refractivity contribution in [1.82, 2.24) is 14.8 Å². The van der Waals surface area contributed by atoms with Gasteiger partial charge in [0.25, 0.3) is 0 Å². The first-order valence-corrected chi connectivity index (χ1v) is 8.80. The zero-order valence-electron chi connectivity index (χ0n) is 15.5. The largest absolute Gasteiger partial charge is 1.00 e. The number of carbonyl (C=O) groups is 2. The van der Waals surface area contributed by atoms with Crippen molar-refractivity contribution in [1.29, 1.82) is 0 Å². The van der Waals surface area contributed by atoms with Gasteiger partial charge in [-0.15, -0.1) is 0 Å². The predicted molar refractivity (Wildman–Crippen MR) is 88.5 cm³/mol. The van der Waals surface area contributed by atoms with Gasteiger partial charge >= 0.3 is 24.9 Å². The number of aliphatic carboxylic acids is 1. The van der Waals surface area contributed by atoms with Crippen molar-refractivity contribution in [3.8, 4) is 0 Å². The van der Waals surface area contributed by atoms with E-state index < -0.39 is 12.0 Å². The van der Waals surface area contributed by atoms with Gasteiger partial charge in [0.1, 0.15) is 0 Å². The summed E-state index contributed by atoms with van der Waals surface area (Å²) in [6.45, 7) is 1.53. The third-order valence-electron chi connectivity index (χ3n) is 5.17. The molecule has 0 N–H and O–H groups in total. The maximum atomic E-state index is 12.9. The Morgan fingerprint density at radius 1 is 1.42 bits per heavy atom. The molecular formula is C18H24LiN3O4. The van der Waals surface area contributed by atoms with E-state index in [4.69, 9.17) is 4.74 Å². The van der Waals surface area contributed by atoms with Gasteiger partial charge in [-0.3, -0.25) is 4.98 Å². The Morgan fingerprint density at radius 3 is 2.85 bits per heavy atom. The molecule has 1 aromatic heterocycles. The van der Waals surface area contributed by atoms with Crippen molar-refractivity contribution in [2.75, 3.05) is 26.8 Å². The van der Waals surface area contributed by atoms with Crippen LogP contribution in [0.5, 0.6) is 0 Å². The Kier molecular flexibility index (Phi) is 7.51. The van der Waals surface area contributed by atoms with Crippen LogP contribution in [0.3, 0.4) is 0 Å². The van der Waals surface area contributed by atoms with Crippen LogP contribution in [-0.2, 0) is 16.0 Å². The summed E-state index contributed by atoms with van der Waals surface area (Å²) < 4.78 is 5.29. The second-order valence-corrected chi connectivity index (χ2v) is 6.80. The van der Waals surface area contributed by atoms with Crippen LogP contribution in [-0.4, -0.2) is 65.7 Å². The van der Waals surface area contributed by atoms with Crippen molar-refractivity contribution in [3.63, 3.8) is 0 Å². The molecule has 2 amide bonds. The summed E-state index contributed by atoms with van der Waals surface area (Å²) >= 11 is 0. The molecule has 136 valence electrons. The van der Waals surface area contributed by atoms with Gasteiger partial charge in [0.15, 0.2) is 0 Å². The van der Waals surface area contributed by atoms with E-state index in [1.54, 1.807) is 18.1 Å². The van der Waals surface area contributed by atoms with E-state index >= 15 is 0 Å². The Balaban J connectivity index is 0.00000243. The molecule has 7 nitrogen and oxygen atoms in total. The summed E-state index contributed by atoms with van der Waals surface area (Å²) in [5.41, 5.74) is 0.940. The zero-order valence-corrected chi connectivity index (χ0v) is 15.5. The minimum absolute atomic E-state index is 0. The maximum Gasteiger partial charge on any atom is 1.00 e. The van der Waals surface area contributed by atoms with E-state index in [2.05, 4.69) is 4.98 Å². The van der Waals surface area contributed by atoms with Gasteiger partial charge in [-0.05, 0) is 31.4 Å². The van der Waals surface area contributed by atoms with E-state index in [1.807, 2.05) is 18.2 Å². The van der Waals surface area contributed by atoms with Crippen LogP contribution < -0.4 is 24.0 Å². The Bertz CT molecular complexity index is 610. The van der Waals surface area contributed by atoms with Gasteiger partial charge in [-0.25, -0.2) is 4.79 Å². The minimum Gasteiger partial charge on any atom is -0.548 e. The first-order valence-electron chi connectivity index (χ1n) is 8.80. The standard InChI is InChI=1S/C18H25N3O4.Li/c1-20(16(17(22)23)13-7-10-25-12-13)18(24)21-9-4-6-15(21)11-14-5-2-3-8-19-14;/h2-3,5,8,13,15-16H,4,6-7,9-12H2,1H3,(H,22,23);/q;+1/p-1/t13?,15?,16-;/m0./s1. The number of ether oxygens (including phenoxy) is 1. The number of likely N-dealkylation sites (N-methyl/N-ethyl adjacent to an activating group) is 1. The number of likely N-dealkylation sites (tertiary alicyclic amines) is 1. The van der Waals surface area contributed by atoms with Crippen LogP contribution in [0.2, 0.25) is 0 Å². The summed E-state index contributed by atoms with van der Waals surface area (Å²) in [4.78, 5) is 32.0. The molecule has 0 spiro atoms. The summed E-state index contributed by atoms with van der Waals surface area (Å²) in [5, 5.41) is 11.6. The molecule has 0 aromatic carbocycles. The van der Waals surface area contributed by atoms with E-state index in [9.17, 15) is 14.7 Å². The summed E-state index contributed by atoms with van der Waals surface area (Å²) in [5.74, 6) is -1.43. The fraction of sp³-hybridized carbons (Fsp3) is 0.611. The molecule has 3 atom stereocenters. The summed E-state index contributed by atoms with van der Waals surface area (Å²) in [7, 11) is 1.55. The minimum atomic E-state index is -1.22. The number of nitrogens with zero attached hydrogens (tertiary/aromatic N) is 3. The molecule has 1 aromatic rings. The zero-order chi connectivity index (χ0) is 17.8. The van der Waals surface area contributed by atoms with Crippen LogP contribution in [0, 0.1) is 5.92 Å². The van der Waals surface area contributed by atoms with Gasteiger partial charge < -0.3 is 24.4 Å². The number of urea groups is 1. The van der Waals surface area contributed by atoms with E-state index in [1.165, 1.54) is 4.90 Å². The Labute approximate surface area is 165 Å². The van der Waals surface area contributed by atoms with Gasteiger partial charge in [0.05, 0.1) is 18.6 Å². The molecule has 3 heterocycles. The number of carboxylic acids is 1. The molecule has 2 unspecified atom stereocenters. The van der Waals surface area contributed by atoms with Gasteiger partial charge in [-0.1, -0.05) is 6.07 Å². The number of amides is 2. The average Bonchev–Trinajstić information content (AvgIpc) is 3.27. The molecule has 26 heavy (non-hydrogen) atoms. The predicted octanol–water partition coefficient (Wildman–Crippen LogP) is -2.70. The molecule has 0 radical (unpaired) electrons. The van der Waals surface area contributed by atoms with Crippen LogP contribution in [0.25, 0.3) is 0 Å². The second kappa shape index (κ2) is 9.40. The Morgan fingerprint density at radius 2 is 2.23 bits per heavy atom. The van der Waals surface area contributed by atoms with Crippen molar-refractivity contribution in [3.05, 3.63) is 30.1 Å². The number of hydrogen-bond acceptors (Lipinski definition) is 5. The number of carbonyl (C=O) groups excluding carboxylic acids is 2. The van der Waals surface area contributed by atoms with Crippen molar-refractivity contribution >= 4 is 12.0 Å². The second-order valence-electron chi connectivity index (χ2n) is 6.80. The molecular weight excluding hydrogens is 329 g/mol. The molecule has 3 rings (SSSR count).